The summed E-state index contributed by atoms with van der Waals surface area (Å²) in [7, 11) is 0. The van der Waals surface area contributed by atoms with E-state index in [1.807, 2.05) is 52.8 Å². The van der Waals surface area contributed by atoms with Gasteiger partial charge in [0.25, 0.3) is 0 Å². The van der Waals surface area contributed by atoms with Crippen LogP contribution in [0.3, 0.4) is 0 Å². The number of alkyl carbamates (subject to hydrolysis) is 1. The minimum Gasteiger partial charge on any atom is -0.493 e. The van der Waals surface area contributed by atoms with Crippen molar-refractivity contribution in [3.8, 4) is 5.75 Å². The molecule has 0 heterocycles. The molecule has 0 aliphatic heterocycles. The van der Waals surface area contributed by atoms with E-state index in [1.165, 1.54) is 5.56 Å². The summed E-state index contributed by atoms with van der Waals surface area (Å²) in [4.78, 5) is 23.2. The highest BCUT2D eigenvalue weighted by Gasteiger charge is 2.15. The summed E-state index contributed by atoms with van der Waals surface area (Å²) in [5, 5.41) is 5.46. The van der Waals surface area contributed by atoms with Crippen molar-refractivity contribution >= 4 is 12.0 Å². The predicted octanol–water partition coefficient (Wildman–Crippen LogP) is 3.10. The van der Waals surface area contributed by atoms with Crippen molar-refractivity contribution in [3.05, 3.63) is 29.3 Å². The number of carbonyl (C=O) groups excluding carboxylic acids is 2. The third-order valence-corrected chi connectivity index (χ3v) is 3.49. The van der Waals surface area contributed by atoms with Gasteiger partial charge >= 0.3 is 6.09 Å². The van der Waals surface area contributed by atoms with E-state index in [4.69, 9.17) is 9.47 Å². The molecule has 0 saturated heterocycles. The second-order valence-electron chi connectivity index (χ2n) is 6.93. The van der Waals surface area contributed by atoms with Crippen LogP contribution in [0.4, 0.5) is 4.79 Å². The first kappa shape index (κ1) is 20.8. The molecule has 0 bridgehead atoms. The van der Waals surface area contributed by atoms with Gasteiger partial charge in [0, 0.05) is 13.1 Å². The molecule has 6 nitrogen and oxygen atoms in total. The Morgan fingerprint density at radius 1 is 1.08 bits per heavy atom. The maximum atomic E-state index is 11.8. The molecule has 0 aliphatic rings. The monoisotopic (exact) mass is 350 g/mol. The fourth-order valence-corrected chi connectivity index (χ4v) is 2.04. The Morgan fingerprint density at radius 3 is 2.44 bits per heavy atom. The summed E-state index contributed by atoms with van der Waals surface area (Å²) in [6, 6.07) is 5.87. The highest BCUT2D eigenvalue weighted by atomic mass is 16.6. The lowest BCUT2D eigenvalue weighted by molar-refractivity contribution is -0.121. The van der Waals surface area contributed by atoms with Gasteiger partial charge < -0.3 is 20.1 Å². The van der Waals surface area contributed by atoms with Crippen molar-refractivity contribution in [3.63, 3.8) is 0 Å². The predicted molar refractivity (Wildman–Crippen MR) is 97.9 cm³/mol. The SMILES string of the molecule is Cc1cccc(OCCC(=O)NCCCNC(=O)OC(C)(C)C)c1C. The summed E-state index contributed by atoms with van der Waals surface area (Å²) in [6.45, 7) is 10.8. The lowest BCUT2D eigenvalue weighted by Crippen LogP contribution is -2.34. The average molecular weight is 350 g/mol. The van der Waals surface area contributed by atoms with Crippen molar-refractivity contribution in [1.82, 2.24) is 10.6 Å². The molecule has 0 saturated carbocycles. The molecule has 2 amide bonds. The fraction of sp³-hybridized carbons (Fsp3) is 0.579. The molecule has 25 heavy (non-hydrogen) atoms. The Balaban J connectivity index is 2.11. The first-order valence-electron chi connectivity index (χ1n) is 8.61. The van der Waals surface area contributed by atoms with Gasteiger partial charge in [-0.05, 0) is 58.2 Å². The summed E-state index contributed by atoms with van der Waals surface area (Å²) < 4.78 is 10.8. The Morgan fingerprint density at radius 2 is 1.76 bits per heavy atom. The maximum absolute atomic E-state index is 11.8. The largest absolute Gasteiger partial charge is 0.493 e. The maximum Gasteiger partial charge on any atom is 0.407 e. The first-order chi connectivity index (χ1) is 11.7. The normalized spacial score (nSPS) is 10.9. The van der Waals surface area contributed by atoms with E-state index in [-0.39, 0.29) is 5.91 Å². The van der Waals surface area contributed by atoms with Gasteiger partial charge in [0.15, 0.2) is 0 Å². The van der Waals surface area contributed by atoms with E-state index < -0.39 is 11.7 Å². The van der Waals surface area contributed by atoms with Crippen LogP contribution in [0.15, 0.2) is 18.2 Å². The summed E-state index contributed by atoms with van der Waals surface area (Å²) in [6.07, 6.45) is 0.496. The molecule has 0 atom stereocenters. The molecule has 1 aromatic rings. The molecule has 0 spiro atoms. The number of hydrogen-bond acceptors (Lipinski definition) is 4. The van der Waals surface area contributed by atoms with Crippen molar-refractivity contribution in [1.29, 1.82) is 0 Å². The summed E-state index contributed by atoms with van der Waals surface area (Å²) in [5.74, 6) is 0.747. The summed E-state index contributed by atoms with van der Waals surface area (Å²) in [5.41, 5.74) is 1.75. The van der Waals surface area contributed by atoms with Crippen LogP contribution in [-0.4, -0.2) is 37.3 Å². The number of benzene rings is 1. The number of rotatable bonds is 8. The molecule has 0 unspecified atom stereocenters. The quantitative estimate of drug-likeness (QED) is 0.706. The average Bonchev–Trinajstić information content (AvgIpc) is 2.49. The van der Waals surface area contributed by atoms with Crippen LogP contribution in [0.2, 0.25) is 0 Å². The smallest absolute Gasteiger partial charge is 0.407 e. The van der Waals surface area contributed by atoms with Gasteiger partial charge in [-0.1, -0.05) is 12.1 Å². The number of hydrogen-bond donors (Lipinski definition) is 2. The minimum atomic E-state index is -0.506. The highest BCUT2D eigenvalue weighted by Crippen LogP contribution is 2.20. The van der Waals surface area contributed by atoms with Gasteiger partial charge in [0.05, 0.1) is 13.0 Å². The van der Waals surface area contributed by atoms with E-state index in [0.29, 0.717) is 32.5 Å². The van der Waals surface area contributed by atoms with Crippen LogP contribution < -0.4 is 15.4 Å². The molecular formula is C19H30N2O4. The van der Waals surface area contributed by atoms with Crippen LogP contribution in [0.1, 0.15) is 44.7 Å². The molecule has 0 aliphatic carbocycles. The summed E-state index contributed by atoms with van der Waals surface area (Å²) >= 11 is 0. The van der Waals surface area contributed by atoms with E-state index in [1.54, 1.807) is 0 Å². The number of ether oxygens (including phenoxy) is 2. The van der Waals surface area contributed by atoms with Gasteiger partial charge in [0.2, 0.25) is 5.91 Å². The Kier molecular flexibility index (Phi) is 8.25. The van der Waals surface area contributed by atoms with Crippen LogP contribution in [0, 0.1) is 13.8 Å². The van der Waals surface area contributed by atoms with Gasteiger partial charge in [-0.25, -0.2) is 4.79 Å². The number of aryl methyl sites for hydroxylation is 1. The van der Waals surface area contributed by atoms with Crippen LogP contribution >= 0.6 is 0 Å². The van der Waals surface area contributed by atoms with E-state index >= 15 is 0 Å². The van der Waals surface area contributed by atoms with Gasteiger partial charge in [0.1, 0.15) is 11.4 Å². The van der Waals surface area contributed by atoms with Gasteiger partial charge in [-0.15, -0.1) is 0 Å². The third kappa shape index (κ3) is 8.98. The van der Waals surface area contributed by atoms with Gasteiger partial charge in [-0.2, -0.15) is 0 Å². The van der Waals surface area contributed by atoms with Crippen LogP contribution in [0.25, 0.3) is 0 Å². The molecule has 1 rings (SSSR count). The Hall–Kier alpha value is -2.24. The molecule has 6 heteroatoms. The van der Waals surface area contributed by atoms with E-state index in [9.17, 15) is 9.59 Å². The number of amides is 2. The second kappa shape index (κ2) is 9.91. The first-order valence-corrected chi connectivity index (χ1v) is 8.61. The molecule has 1 aromatic carbocycles. The number of nitrogens with one attached hydrogen (secondary N) is 2. The minimum absolute atomic E-state index is 0.0671. The van der Waals surface area contributed by atoms with E-state index in [2.05, 4.69) is 10.6 Å². The van der Waals surface area contributed by atoms with Crippen molar-refractivity contribution in [2.45, 2.75) is 53.1 Å². The van der Waals surface area contributed by atoms with Crippen LogP contribution in [0.5, 0.6) is 5.75 Å². The van der Waals surface area contributed by atoms with Crippen molar-refractivity contribution < 1.29 is 19.1 Å². The second-order valence-corrected chi connectivity index (χ2v) is 6.93. The number of carbonyl (C=O) groups is 2. The zero-order valence-corrected chi connectivity index (χ0v) is 15.9. The zero-order chi connectivity index (χ0) is 18.9. The van der Waals surface area contributed by atoms with E-state index in [0.717, 1.165) is 11.3 Å². The Bertz CT molecular complexity index is 579. The molecule has 2 N–H and O–H groups in total. The van der Waals surface area contributed by atoms with Gasteiger partial charge in [-0.3, -0.25) is 4.79 Å². The standard InChI is InChI=1S/C19H30N2O4/c1-14-8-6-9-16(15(14)2)24-13-10-17(22)20-11-7-12-21-18(23)25-19(3,4)5/h6,8-9H,7,10-13H2,1-5H3,(H,20,22)(H,21,23). The van der Waals surface area contributed by atoms with Crippen LogP contribution in [-0.2, 0) is 9.53 Å². The molecule has 0 fully saturated rings. The molecular weight excluding hydrogens is 320 g/mol. The molecule has 140 valence electrons. The molecule has 0 radical (unpaired) electrons. The fourth-order valence-electron chi connectivity index (χ4n) is 2.04. The lowest BCUT2D eigenvalue weighted by atomic mass is 10.1. The molecule has 0 aromatic heterocycles. The van der Waals surface area contributed by atoms with Crippen molar-refractivity contribution in [2.75, 3.05) is 19.7 Å². The highest BCUT2D eigenvalue weighted by molar-refractivity contribution is 5.76. The zero-order valence-electron chi connectivity index (χ0n) is 15.9. The van der Waals surface area contributed by atoms with Crippen molar-refractivity contribution in [2.24, 2.45) is 0 Å². The topological polar surface area (TPSA) is 76.7 Å². The Labute approximate surface area is 150 Å². The third-order valence-electron chi connectivity index (χ3n) is 3.49. The lowest BCUT2D eigenvalue weighted by Gasteiger charge is -2.19.